The van der Waals surface area contributed by atoms with E-state index in [1.54, 1.807) is 13.8 Å². The second-order valence-corrected chi connectivity index (χ2v) is 7.06. The maximum Gasteiger partial charge on any atom is 0.307 e. The highest BCUT2D eigenvalue weighted by Crippen LogP contribution is 2.35. The van der Waals surface area contributed by atoms with E-state index >= 15 is 0 Å². The van der Waals surface area contributed by atoms with Crippen LogP contribution in [0.2, 0.25) is 5.02 Å². The van der Waals surface area contributed by atoms with Gasteiger partial charge in [0.25, 0.3) is 5.91 Å². The Morgan fingerprint density at radius 3 is 2.23 bits per heavy atom. The molecule has 0 radical (unpaired) electrons. The topological polar surface area (TPSA) is 106 Å². The van der Waals surface area contributed by atoms with Crippen LogP contribution in [-0.2, 0) is 11.2 Å². The molecule has 6 nitrogen and oxygen atoms in total. The van der Waals surface area contributed by atoms with Crippen molar-refractivity contribution in [2.24, 2.45) is 5.73 Å². The number of carbonyl (C=O) groups is 2. The van der Waals surface area contributed by atoms with Crippen LogP contribution in [0.3, 0.4) is 0 Å². The summed E-state index contributed by atoms with van der Waals surface area (Å²) < 4.78 is 29.8. The average Bonchev–Trinajstić information content (AvgIpc) is 2.62. The number of rotatable bonds is 5. The number of carboxylic acids is 1. The van der Waals surface area contributed by atoms with Crippen molar-refractivity contribution < 1.29 is 23.5 Å². The van der Waals surface area contributed by atoms with Crippen LogP contribution in [0.1, 0.15) is 27.4 Å². The third kappa shape index (κ3) is 4.13. The van der Waals surface area contributed by atoms with Crippen molar-refractivity contribution in [3.05, 3.63) is 69.6 Å². The number of benzene rings is 2. The fourth-order valence-corrected chi connectivity index (χ4v) is 3.45. The summed E-state index contributed by atoms with van der Waals surface area (Å²) in [6.07, 6.45) is -0.266. The normalized spacial score (nSPS) is 10.8. The zero-order chi connectivity index (χ0) is 22.2. The fraction of sp³-hybridized carbons (Fsp3) is 0.143. The number of halogens is 3. The number of carbonyl (C=O) groups excluding carboxylic acids is 1. The van der Waals surface area contributed by atoms with Gasteiger partial charge in [-0.15, -0.1) is 0 Å². The van der Waals surface area contributed by atoms with E-state index in [0.717, 1.165) is 12.1 Å². The summed E-state index contributed by atoms with van der Waals surface area (Å²) in [5, 5.41) is 8.88. The van der Waals surface area contributed by atoms with Gasteiger partial charge in [-0.25, -0.2) is 13.8 Å². The number of nitrogens with two attached hydrogens (primary N) is 1. The molecule has 0 bridgehead atoms. The minimum absolute atomic E-state index is 0.0154. The molecule has 0 unspecified atom stereocenters. The van der Waals surface area contributed by atoms with Crippen LogP contribution in [0.5, 0.6) is 0 Å². The summed E-state index contributed by atoms with van der Waals surface area (Å²) in [4.78, 5) is 30.7. The number of nitrogens with zero attached hydrogens (tertiary/aromatic N) is 2. The molecule has 3 aromatic rings. The number of aromatic nitrogens is 2. The quantitative estimate of drug-likeness (QED) is 0.633. The molecule has 1 aromatic heterocycles. The van der Waals surface area contributed by atoms with Gasteiger partial charge in [-0.3, -0.25) is 14.6 Å². The van der Waals surface area contributed by atoms with Gasteiger partial charge in [0.15, 0.2) is 0 Å². The molecule has 1 amide bonds. The van der Waals surface area contributed by atoms with E-state index in [1.807, 2.05) is 0 Å². The highest BCUT2D eigenvalue weighted by atomic mass is 35.5. The molecule has 0 spiro atoms. The van der Waals surface area contributed by atoms with Gasteiger partial charge in [0.2, 0.25) is 0 Å². The fourth-order valence-electron chi connectivity index (χ4n) is 3.15. The molecule has 0 fully saturated rings. The standard InChI is InChI=1S/C21H16ClF2N3O3/c1-9-19(27-20(21(25)30)10(2)26-9)12-7-15(23)18(16(24)8-12)13-4-3-11(5-14(13)22)6-17(28)29/h3-5,7-8H,6H2,1-2H3,(H2,25,30)(H,28,29). The van der Waals surface area contributed by atoms with Crippen LogP contribution < -0.4 is 5.73 Å². The first-order valence-electron chi connectivity index (χ1n) is 8.73. The van der Waals surface area contributed by atoms with Crippen molar-refractivity contribution in [3.63, 3.8) is 0 Å². The van der Waals surface area contributed by atoms with E-state index in [0.29, 0.717) is 17.0 Å². The van der Waals surface area contributed by atoms with Gasteiger partial charge < -0.3 is 10.8 Å². The van der Waals surface area contributed by atoms with Crippen LogP contribution in [0.15, 0.2) is 30.3 Å². The highest BCUT2D eigenvalue weighted by molar-refractivity contribution is 6.33. The second kappa shape index (κ2) is 8.16. The van der Waals surface area contributed by atoms with E-state index in [2.05, 4.69) is 9.97 Å². The largest absolute Gasteiger partial charge is 0.481 e. The SMILES string of the molecule is Cc1nc(C)c(-c2cc(F)c(-c3ccc(CC(=O)O)cc3Cl)c(F)c2)nc1C(N)=O. The molecule has 0 atom stereocenters. The van der Waals surface area contributed by atoms with Gasteiger partial charge in [-0.1, -0.05) is 23.7 Å². The Morgan fingerprint density at radius 1 is 1.07 bits per heavy atom. The number of hydrogen-bond donors (Lipinski definition) is 2. The Morgan fingerprint density at radius 2 is 1.70 bits per heavy atom. The lowest BCUT2D eigenvalue weighted by Gasteiger charge is -2.13. The van der Waals surface area contributed by atoms with Crippen molar-refractivity contribution >= 4 is 23.5 Å². The summed E-state index contributed by atoms with van der Waals surface area (Å²) >= 11 is 6.15. The van der Waals surface area contributed by atoms with Gasteiger partial charge in [-0.2, -0.15) is 0 Å². The Labute approximate surface area is 175 Å². The van der Waals surface area contributed by atoms with Crippen LogP contribution >= 0.6 is 11.6 Å². The van der Waals surface area contributed by atoms with Gasteiger partial charge in [0.1, 0.15) is 17.3 Å². The first-order valence-corrected chi connectivity index (χ1v) is 9.11. The Kier molecular flexibility index (Phi) is 5.80. The summed E-state index contributed by atoms with van der Waals surface area (Å²) in [7, 11) is 0. The maximum atomic E-state index is 14.9. The van der Waals surface area contributed by atoms with Gasteiger partial charge in [0, 0.05) is 16.1 Å². The molecule has 0 aliphatic heterocycles. The molecule has 3 N–H and O–H groups in total. The lowest BCUT2D eigenvalue weighted by atomic mass is 9.98. The number of aryl methyl sites for hydroxylation is 2. The first-order chi connectivity index (χ1) is 14.1. The lowest BCUT2D eigenvalue weighted by Crippen LogP contribution is -2.17. The van der Waals surface area contributed by atoms with Gasteiger partial charge >= 0.3 is 5.97 Å². The minimum atomic E-state index is -1.05. The predicted molar refractivity (Wildman–Crippen MR) is 107 cm³/mol. The van der Waals surface area contributed by atoms with E-state index in [1.165, 1.54) is 18.2 Å². The number of amides is 1. The van der Waals surface area contributed by atoms with E-state index in [-0.39, 0.29) is 39.5 Å². The summed E-state index contributed by atoms with van der Waals surface area (Å²) in [5.74, 6) is -3.65. The van der Waals surface area contributed by atoms with E-state index in [9.17, 15) is 18.4 Å². The lowest BCUT2D eigenvalue weighted by molar-refractivity contribution is -0.136. The molecule has 2 aromatic carbocycles. The molecular formula is C21H16ClF2N3O3. The van der Waals surface area contributed by atoms with E-state index < -0.39 is 23.5 Å². The van der Waals surface area contributed by atoms with E-state index in [4.69, 9.17) is 22.4 Å². The average molecular weight is 432 g/mol. The maximum absolute atomic E-state index is 14.9. The molecule has 0 aliphatic carbocycles. The second-order valence-electron chi connectivity index (χ2n) is 6.66. The molecule has 0 aliphatic rings. The third-order valence-corrected chi connectivity index (χ3v) is 4.76. The minimum Gasteiger partial charge on any atom is -0.481 e. The number of hydrogen-bond acceptors (Lipinski definition) is 4. The molecule has 0 saturated heterocycles. The summed E-state index contributed by atoms with van der Waals surface area (Å²) in [5.41, 5.74) is 6.22. The monoisotopic (exact) mass is 431 g/mol. The number of carboxylic acid groups (broad SMARTS) is 1. The first kappa shape index (κ1) is 21.3. The molecule has 1 heterocycles. The third-order valence-electron chi connectivity index (χ3n) is 4.45. The number of primary amides is 1. The molecule has 3 rings (SSSR count). The van der Waals surface area contributed by atoms with Crippen molar-refractivity contribution in [1.82, 2.24) is 9.97 Å². The Bertz CT molecular complexity index is 1180. The van der Waals surface area contributed by atoms with Gasteiger partial charge in [0.05, 0.1) is 29.1 Å². The van der Waals surface area contributed by atoms with Crippen molar-refractivity contribution in [1.29, 1.82) is 0 Å². The Hall–Kier alpha value is -3.39. The molecule has 0 saturated carbocycles. The molecule has 9 heteroatoms. The predicted octanol–water partition coefficient (Wildman–Crippen LogP) is 4.09. The molecular weight excluding hydrogens is 416 g/mol. The molecule has 30 heavy (non-hydrogen) atoms. The van der Waals surface area contributed by atoms with Crippen LogP contribution in [0.25, 0.3) is 22.4 Å². The van der Waals surface area contributed by atoms with Crippen LogP contribution in [-0.4, -0.2) is 27.0 Å². The van der Waals surface area contributed by atoms with Crippen molar-refractivity contribution in [2.75, 3.05) is 0 Å². The van der Waals surface area contributed by atoms with Crippen LogP contribution in [0, 0.1) is 25.5 Å². The molecule has 154 valence electrons. The number of aliphatic carboxylic acids is 1. The van der Waals surface area contributed by atoms with Crippen molar-refractivity contribution in [2.45, 2.75) is 20.3 Å². The van der Waals surface area contributed by atoms with Crippen molar-refractivity contribution in [3.8, 4) is 22.4 Å². The summed E-state index contributed by atoms with van der Waals surface area (Å²) in [6, 6.07) is 6.29. The highest BCUT2D eigenvalue weighted by Gasteiger charge is 2.20. The van der Waals surface area contributed by atoms with Gasteiger partial charge in [-0.05, 0) is 37.6 Å². The summed E-state index contributed by atoms with van der Waals surface area (Å²) in [6.45, 7) is 3.16. The zero-order valence-corrected chi connectivity index (χ0v) is 16.7. The van der Waals surface area contributed by atoms with Crippen LogP contribution in [0.4, 0.5) is 8.78 Å². The smallest absolute Gasteiger partial charge is 0.307 e. The zero-order valence-electron chi connectivity index (χ0n) is 16.0. The Balaban J connectivity index is 2.11.